The van der Waals surface area contributed by atoms with Crippen LogP contribution in [0.25, 0.3) is 0 Å². The van der Waals surface area contributed by atoms with Crippen molar-refractivity contribution in [2.45, 2.75) is 52.1 Å². The smallest absolute Gasteiger partial charge is 0.348 e. The second-order valence-corrected chi connectivity index (χ2v) is 4.87. The fourth-order valence-corrected chi connectivity index (χ4v) is 1.73. The van der Waals surface area contributed by atoms with Crippen LogP contribution in [0.5, 0.6) is 0 Å². The third kappa shape index (κ3) is 6.05. The number of hydrogen-bond acceptors (Lipinski definition) is 8. The molecule has 9 heteroatoms. The Hall–Kier alpha value is -2.45. The van der Waals surface area contributed by atoms with E-state index < -0.39 is 42.2 Å². The molecule has 2 amide bonds. The van der Waals surface area contributed by atoms with Gasteiger partial charge in [0.25, 0.3) is 11.8 Å². The molecule has 0 bridgehead atoms. The molecule has 9 nitrogen and oxygen atoms in total. The number of rotatable bonds is 8. The van der Waals surface area contributed by atoms with Crippen molar-refractivity contribution >= 4 is 29.7 Å². The second kappa shape index (κ2) is 8.86. The van der Waals surface area contributed by atoms with E-state index in [1.54, 1.807) is 0 Å². The van der Waals surface area contributed by atoms with Gasteiger partial charge in [0, 0.05) is 19.8 Å². The van der Waals surface area contributed by atoms with Gasteiger partial charge < -0.3 is 14.3 Å². The number of esters is 2. The lowest BCUT2D eigenvalue weighted by molar-refractivity contribution is -0.200. The van der Waals surface area contributed by atoms with Gasteiger partial charge in [0.05, 0.1) is 13.0 Å². The van der Waals surface area contributed by atoms with E-state index in [0.717, 1.165) is 13.3 Å². The summed E-state index contributed by atoms with van der Waals surface area (Å²) in [4.78, 5) is 61.9. The number of amides is 2. The van der Waals surface area contributed by atoms with E-state index in [1.807, 2.05) is 6.92 Å². The Morgan fingerprint density at radius 2 is 1.78 bits per heavy atom. The normalized spacial score (nSPS) is 15.3. The molecular formula is C14H19NO8. The maximum Gasteiger partial charge on any atom is 0.348 e. The van der Waals surface area contributed by atoms with Crippen molar-refractivity contribution in [1.82, 2.24) is 5.06 Å². The highest BCUT2D eigenvalue weighted by molar-refractivity contribution is 6.01. The number of carbonyl (C=O) groups is 5. The lowest BCUT2D eigenvalue weighted by Crippen LogP contribution is -2.36. The van der Waals surface area contributed by atoms with Crippen molar-refractivity contribution in [3.63, 3.8) is 0 Å². The zero-order chi connectivity index (χ0) is 17.4. The predicted molar refractivity (Wildman–Crippen MR) is 73.2 cm³/mol. The molecule has 1 rings (SSSR count). The van der Waals surface area contributed by atoms with Crippen LogP contribution in [0.4, 0.5) is 0 Å². The monoisotopic (exact) mass is 329 g/mol. The fourth-order valence-electron chi connectivity index (χ4n) is 1.73. The van der Waals surface area contributed by atoms with Gasteiger partial charge in [-0.2, -0.15) is 0 Å². The number of carbonyl (C=O) groups excluding carboxylic acids is 5. The summed E-state index contributed by atoms with van der Waals surface area (Å²) in [6.45, 7) is 3.11. The van der Waals surface area contributed by atoms with Crippen molar-refractivity contribution in [2.24, 2.45) is 0 Å². The molecule has 0 N–H and O–H groups in total. The highest BCUT2D eigenvalue weighted by Gasteiger charge is 2.35. The van der Waals surface area contributed by atoms with Crippen LogP contribution in [-0.4, -0.2) is 47.5 Å². The van der Waals surface area contributed by atoms with Crippen LogP contribution < -0.4 is 0 Å². The summed E-state index contributed by atoms with van der Waals surface area (Å²) in [6, 6.07) is 0. The molecule has 0 saturated carbocycles. The number of hydrogen-bond donors (Lipinski definition) is 0. The summed E-state index contributed by atoms with van der Waals surface area (Å²) in [5.41, 5.74) is 0. The molecule has 23 heavy (non-hydrogen) atoms. The molecule has 0 aromatic heterocycles. The van der Waals surface area contributed by atoms with Gasteiger partial charge >= 0.3 is 17.9 Å². The first kappa shape index (κ1) is 18.6. The molecule has 1 aliphatic heterocycles. The summed E-state index contributed by atoms with van der Waals surface area (Å²) < 4.78 is 9.62. The maximum absolute atomic E-state index is 11.8. The zero-order valence-corrected chi connectivity index (χ0v) is 13.0. The number of hydroxylamine groups is 2. The summed E-state index contributed by atoms with van der Waals surface area (Å²) in [6.07, 6.45) is -0.796. The van der Waals surface area contributed by atoms with Crippen molar-refractivity contribution in [3.8, 4) is 0 Å². The van der Waals surface area contributed by atoms with Gasteiger partial charge in [0.15, 0.2) is 0 Å². The Morgan fingerprint density at radius 3 is 2.30 bits per heavy atom. The molecule has 1 saturated heterocycles. The minimum atomic E-state index is -1.48. The topological polar surface area (TPSA) is 116 Å². The Labute approximate surface area is 132 Å². The first-order valence-corrected chi connectivity index (χ1v) is 7.25. The van der Waals surface area contributed by atoms with E-state index in [0.29, 0.717) is 11.5 Å². The third-order valence-electron chi connectivity index (χ3n) is 2.86. The van der Waals surface area contributed by atoms with Crippen molar-refractivity contribution in [2.75, 3.05) is 6.61 Å². The van der Waals surface area contributed by atoms with Gasteiger partial charge in [-0.3, -0.25) is 14.4 Å². The molecule has 0 radical (unpaired) electrons. The van der Waals surface area contributed by atoms with E-state index in [1.165, 1.54) is 0 Å². The lowest BCUT2D eigenvalue weighted by atomic mass is 10.2. The predicted octanol–water partition coefficient (Wildman–Crippen LogP) is 0.259. The number of imide groups is 1. The van der Waals surface area contributed by atoms with Gasteiger partial charge in [0.2, 0.25) is 6.10 Å². The molecule has 128 valence electrons. The summed E-state index contributed by atoms with van der Waals surface area (Å²) in [5.74, 6) is -3.99. The third-order valence-corrected chi connectivity index (χ3v) is 2.86. The van der Waals surface area contributed by atoms with E-state index in [-0.39, 0.29) is 19.4 Å². The van der Waals surface area contributed by atoms with E-state index in [9.17, 15) is 24.0 Å². The molecule has 1 fully saturated rings. The van der Waals surface area contributed by atoms with Crippen LogP contribution in [0.1, 0.15) is 46.0 Å². The quantitative estimate of drug-likeness (QED) is 0.354. The maximum atomic E-state index is 11.8. The largest absolute Gasteiger partial charge is 0.463 e. The minimum absolute atomic E-state index is 0.0431. The molecule has 0 aromatic rings. The van der Waals surface area contributed by atoms with Gasteiger partial charge in [-0.25, -0.2) is 9.59 Å². The van der Waals surface area contributed by atoms with Crippen molar-refractivity contribution in [1.29, 1.82) is 0 Å². The Morgan fingerprint density at radius 1 is 1.17 bits per heavy atom. The van der Waals surface area contributed by atoms with Gasteiger partial charge in [-0.05, 0) is 6.42 Å². The van der Waals surface area contributed by atoms with E-state index in [4.69, 9.17) is 9.47 Å². The van der Waals surface area contributed by atoms with Crippen molar-refractivity contribution < 1.29 is 38.3 Å². The number of unbranched alkanes of at least 4 members (excludes halogenated alkanes) is 1. The number of ether oxygens (including phenoxy) is 2. The zero-order valence-electron chi connectivity index (χ0n) is 13.0. The Kier molecular flexibility index (Phi) is 7.17. The van der Waals surface area contributed by atoms with Crippen LogP contribution in [0.15, 0.2) is 0 Å². The van der Waals surface area contributed by atoms with Crippen LogP contribution in [0.2, 0.25) is 0 Å². The summed E-state index contributed by atoms with van der Waals surface area (Å²) >= 11 is 0. The van der Waals surface area contributed by atoms with E-state index in [2.05, 4.69) is 4.84 Å². The molecule has 1 aliphatic rings. The first-order valence-electron chi connectivity index (χ1n) is 7.25. The highest BCUT2D eigenvalue weighted by atomic mass is 16.7. The van der Waals surface area contributed by atoms with E-state index >= 15 is 0 Å². The number of nitrogens with zero attached hydrogens (tertiary/aromatic N) is 1. The van der Waals surface area contributed by atoms with Crippen LogP contribution in [-0.2, 0) is 38.3 Å². The average molecular weight is 329 g/mol. The van der Waals surface area contributed by atoms with Gasteiger partial charge in [-0.15, -0.1) is 5.06 Å². The standard InChI is InChI=1S/C14H19NO8/c1-3-4-7-21-14(20)10(22-9(2)16)8-13(19)23-15-11(17)5-6-12(15)18/h10H,3-8H2,1-2H3/t10-/m0/s1. The average Bonchev–Trinajstić information content (AvgIpc) is 2.78. The van der Waals surface area contributed by atoms with Crippen molar-refractivity contribution in [3.05, 3.63) is 0 Å². The van der Waals surface area contributed by atoms with Crippen LogP contribution in [0.3, 0.4) is 0 Å². The SMILES string of the molecule is CCCCOC(=O)[C@H](CC(=O)ON1C(=O)CCC1=O)OC(C)=O. The molecule has 1 atom stereocenters. The molecule has 0 unspecified atom stereocenters. The summed E-state index contributed by atoms with van der Waals surface area (Å²) in [5, 5.41) is 0.357. The fraction of sp³-hybridized carbons (Fsp3) is 0.643. The first-order chi connectivity index (χ1) is 10.8. The molecule has 0 spiro atoms. The lowest BCUT2D eigenvalue weighted by Gasteiger charge is -2.17. The highest BCUT2D eigenvalue weighted by Crippen LogP contribution is 2.14. The molecule has 1 heterocycles. The summed E-state index contributed by atoms with van der Waals surface area (Å²) in [7, 11) is 0. The molecule has 0 aliphatic carbocycles. The Bertz CT molecular complexity index is 485. The van der Waals surface area contributed by atoms with Crippen LogP contribution in [0, 0.1) is 0 Å². The van der Waals surface area contributed by atoms with Gasteiger partial charge in [-0.1, -0.05) is 13.3 Å². The minimum Gasteiger partial charge on any atom is -0.463 e. The Balaban J connectivity index is 2.59. The molecular weight excluding hydrogens is 310 g/mol. The van der Waals surface area contributed by atoms with Crippen LogP contribution >= 0.6 is 0 Å². The second-order valence-electron chi connectivity index (χ2n) is 4.87. The molecule has 0 aromatic carbocycles. The van der Waals surface area contributed by atoms with Gasteiger partial charge in [0.1, 0.15) is 0 Å².